The number of aliphatic hydroxyl groups excluding tert-OH is 1. The zero-order valence-corrected chi connectivity index (χ0v) is 11.5. The molecule has 2 aliphatic heterocycles. The molecule has 4 nitrogen and oxygen atoms in total. The zero-order chi connectivity index (χ0) is 13.5. The number of para-hydroxylation sites is 2. The van der Waals surface area contributed by atoms with Gasteiger partial charge in [0.2, 0.25) is 0 Å². The van der Waals surface area contributed by atoms with Crippen molar-refractivity contribution in [2.75, 3.05) is 33.4 Å². The monoisotopic (exact) mass is 265 g/mol. The van der Waals surface area contributed by atoms with Gasteiger partial charge in [0.1, 0.15) is 12.7 Å². The molecule has 1 unspecified atom stereocenters. The van der Waals surface area contributed by atoms with Gasteiger partial charge in [-0.2, -0.15) is 0 Å². The van der Waals surface area contributed by atoms with E-state index in [-0.39, 0.29) is 6.10 Å². The lowest BCUT2D eigenvalue weighted by molar-refractivity contribution is 0.0533. The second-order valence-electron chi connectivity index (χ2n) is 4.86. The molecule has 0 aromatic heterocycles. The van der Waals surface area contributed by atoms with Crippen LogP contribution in [0.2, 0.25) is 0 Å². The Hall–Kier alpha value is -1.26. The number of benzene rings is 1. The van der Waals surface area contributed by atoms with Crippen molar-refractivity contribution in [3.05, 3.63) is 24.3 Å². The van der Waals surface area contributed by atoms with Crippen molar-refractivity contribution in [1.29, 1.82) is 0 Å². The maximum atomic E-state index is 7.00. The summed E-state index contributed by atoms with van der Waals surface area (Å²) in [7, 11) is 1.00. The molecule has 1 fully saturated rings. The molecular weight excluding hydrogens is 242 g/mol. The molecule has 0 radical (unpaired) electrons. The van der Waals surface area contributed by atoms with E-state index in [9.17, 15) is 0 Å². The molecule has 0 amide bonds. The Balaban J connectivity index is 0.000000637. The first kappa shape index (κ1) is 14.2. The summed E-state index contributed by atoms with van der Waals surface area (Å²) in [5, 5.41) is 7.00. The van der Waals surface area contributed by atoms with E-state index in [0.29, 0.717) is 6.61 Å². The van der Waals surface area contributed by atoms with Crippen molar-refractivity contribution < 1.29 is 14.6 Å². The van der Waals surface area contributed by atoms with E-state index in [1.165, 1.54) is 32.4 Å². The summed E-state index contributed by atoms with van der Waals surface area (Å²) in [5.74, 6) is 1.77. The number of likely N-dealkylation sites (tertiary alicyclic amines) is 1. The predicted octanol–water partition coefficient (Wildman–Crippen LogP) is 1.92. The van der Waals surface area contributed by atoms with Crippen molar-refractivity contribution in [2.24, 2.45) is 0 Å². The topological polar surface area (TPSA) is 41.9 Å². The minimum absolute atomic E-state index is 0.183. The Morgan fingerprint density at radius 3 is 2.53 bits per heavy atom. The number of nitrogens with zero attached hydrogens (tertiary/aromatic N) is 1. The number of hydrogen-bond donors (Lipinski definition) is 1. The minimum atomic E-state index is 0.183. The summed E-state index contributed by atoms with van der Waals surface area (Å²) < 4.78 is 11.7. The molecular formula is C15H23NO3. The van der Waals surface area contributed by atoms with Crippen LogP contribution < -0.4 is 9.47 Å². The maximum absolute atomic E-state index is 7.00. The quantitative estimate of drug-likeness (QED) is 0.887. The molecule has 4 heteroatoms. The molecule has 1 saturated heterocycles. The molecule has 106 valence electrons. The number of rotatable bonds is 2. The highest BCUT2D eigenvalue weighted by atomic mass is 16.6. The lowest BCUT2D eigenvalue weighted by Crippen LogP contribution is -2.42. The van der Waals surface area contributed by atoms with E-state index in [2.05, 4.69) is 4.90 Å². The summed E-state index contributed by atoms with van der Waals surface area (Å²) in [6, 6.07) is 7.92. The fraction of sp³-hybridized carbons (Fsp3) is 0.600. The van der Waals surface area contributed by atoms with Gasteiger partial charge in [-0.05, 0) is 38.1 Å². The van der Waals surface area contributed by atoms with Crippen molar-refractivity contribution >= 4 is 0 Å². The van der Waals surface area contributed by atoms with Gasteiger partial charge in [0.25, 0.3) is 0 Å². The van der Waals surface area contributed by atoms with Crippen molar-refractivity contribution in [1.82, 2.24) is 4.90 Å². The van der Waals surface area contributed by atoms with Gasteiger partial charge in [0, 0.05) is 13.7 Å². The van der Waals surface area contributed by atoms with Crippen LogP contribution in [-0.2, 0) is 0 Å². The second kappa shape index (κ2) is 7.36. The highest BCUT2D eigenvalue weighted by molar-refractivity contribution is 5.40. The third-order valence-corrected chi connectivity index (χ3v) is 3.48. The average molecular weight is 265 g/mol. The molecule has 0 bridgehead atoms. The first-order valence-electron chi connectivity index (χ1n) is 6.97. The Morgan fingerprint density at radius 1 is 1.11 bits per heavy atom. The van der Waals surface area contributed by atoms with Crippen molar-refractivity contribution in [2.45, 2.75) is 25.4 Å². The molecule has 0 saturated carbocycles. The minimum Gasteiger partial charge on any atom is -0.486 e. The number of fused-ring (bicyclic) bond motifs is 1. The first-order valence-corrected chi connectivity index (χ1v) is 6.97. The van der Waals surface area contributed by atoms with Crippen LogP contribution in [-0.4, -0.2) is 49.5 Å². The van der Waals surface area contributed by atoms with Crippen LogP contribution in [0.4, 0.5) is 0 Å². The van der Waals surface area contributed by atoms with E-state index in [1.807, 2.05) is 24.3 Å². The van der Waals surface area contributed by atoms with Crippen LogP contribution in [0.1, 0.15) is 19.3 Å². The summed E-state index contributed by atoms with van der Waals surface area (Å²) in [6.45, 7) is 4.09. The lowest BCUT2D eigenvalue weighted by atomic mass is 10.1. The molecule has 1 atom stereocenters. The van der Waals surface area contributed by atoms with Crippen LogP contribution in [0.15, 0.2) is 24.3 Å². The van der Waals surface area contributed by atoms with Gasteiger partial charge >= 0.3 is 0 Å². The predicted molar refractivity (Wildman–Crippen MR) is 74.8 cm³/mol. The standard InChI is InChI=1S/C14H19NO2.CH4O/c1-4-8-15(9-5-1)10-12-11-16-13-6-2-3-7-14(13)17-12;1-2/h2-3,6-7,12H,1,4-5,8-11H2;2H,1H3. The van der Waals surface area contributed by atoms with E-state index >= 15 is 0 Å². The Morgan fingerprint density at radius 2 is 1.79 bits per heavy atom. The van der Waals surface area contributed by atoms with Crippen molar-refractivity contribution in [3.63, 3.8) is 0 Å². The fourth-order valence-corrected chi connectivity index (χ4v) is 2.58. The molecule has 2 aliphatic rings. The van der Waals surface area contributed by atoms with E-state index in [1.54, 1.807) is 0 Å². The van der Waals surface area contributed by atoms with Gasteiger partial charge in [0.05, 0.1) is 0 Å². The van der Waals surface area contributed by atoms with Crippen LogP contribution in [0.5, 0.6) is 11.5 Å². The van der Waals surface area contributed by atoms with Gasteiger partial charge < -0.3 is 14.6 Å². The Labute approximate surface area is 114 Å². The molecule has 1 aromatic rings. The van der Waals surface area contributed by atoms with Gasteiger partial charge in [-0.15, -0.1) is 0 Å². The number of aliphatic hydroxyl groups is 1. The maximum Gasteiger partial charge on any atom is 0.161 e. The van der Waals surface area contributed by atoms with Gasteiger partial charge in [0.15, 0.2) is 11.5 Å². The fourth-order valence-electron chi connectivity index (χ4n) is 2.58. The van der Waals surface area contributed by atoms with Crippen LogP contribution in [0.25, 0.3) is 0 Å². The lowest BCUT2D eigenvalue weighted by Gasteiger charge is -2.33. The largest absolute Gasteiger partial charge is 0.486 e. The number of ether oxygens (including phenoxy) is 2. The van der Waals surface area contributed by atoms with Gasteiger partial charge in [-0.25, -0.2) is 0 Å². The van der Waals surface area contributed by atoms with E-state index in [4.69, 9.17) is 14.6 Å². The van der Waals surface area contributed by atoms with Gasteiger partial charge in [-0.1, -0.05) is 18.6 Å². The highest BCUT2D eigenvalue weighted by Crippen LogP contribution is 2.31. The number of hydrogen-bond acceptors (Lipinski definition) is 4. The third-order valence-electron chi connectivity index (χ3n) is 3.48. The molecule has 2 heterocycles. The SMILES string of the molecule is CO.c1ccc2c(c1)OCC(CN1CCCCC1)O2. The first-order chi connectivity index (χ1) is 9.42. The zero-order valence-electron chi connectivity index (χ0n) is 11.5. The molecule has 19 heavy (non-hydrogen) atoms. The summed E-state index contributed by atoms with van der Waals surface area (Å²) in [6.07, 6.45) is 4.21. The summed E-state index contributed by atoms with van der Waals surface area (Å²) >= 11 is 0. The van der Waals surface area contributed by atoms with Crippen LogP contribution >= 0.6 is 0 Å². The van der Waals surface area contributed by atoms with Crippen LogP contribution in [0.3, 0.4) is 0 Å². The Bertz CT molecular complexity index is 377. The van der Waals surface area contributed by atoms with Gasteiger partial charge in [-0.3, -0.25) is 4.90 Å². The highest BCUT2D eigenvalue weighted by Gasteiger charge is 2.23. The smallest absolute Gasteiger partial charge is 0.161 e. The number of piperidine rings is 1. The molecule has 1 aromatic carbocycles. The molecule has 0 spiro atoms. The second-order valence-corrected chi connectivity index (χ2v) is 4.86. The molecule has 0 aliphatic carbocycles. The van der Waals surface area contributed by atoms with E-state index < -0.39 is 0 Å². The molecule has 3 rings (SSSR count). The van der Waals surface area contributed by atoms with Crippen LogP contribution in [0, 0.1) is 0 Å². The Kier molecular flexibility index (Phi) is 5.48. The third kappa shape index (κ3) is 3.85. The van der Waals surface area contributed by atoms with E-state index in [0.717, 1.165) is 25.2 Å². The van der Waals surface area contributed by atoms with Crippen molar-refractivity contribution in [3.8, 4) is 11.5 Å². The molecule has 1 N–H and O–H groups in total. The summed E-state index contributed by atoms with van der Waals surface area (Å²) in [5.41, 5.74) is 0. The average Bonchev–Trinajstić information content (AvgIpc) is 2.50. The summed E-state index contributed by atoms with van der Waals surface area (Å²) in [4.78, 5) is 2.49. The normalized spacial score (nSPS) is 22.3.